The molecule has 1 saturated heterocycles. The van der Waals surface area contributed by atoms with E-state index in [2.05, 4.69) is 15.9 Å². The van der Waals surface area contributed by atoms with E-state index in [1.54, 1.807) is 0 Å². The molecule has 1 fully saturated rings. The number of hydrogen-bond donors (Lipinski definition) is 3. The van der Waals surface area contributed by atoms with Crippen molar-refractivity contribution < 1.29 is 19.8 Å². The van der Waals surface area contributed by atoms with Crippen molar-refractivity contribution >= 4 is 15.9 Å². The Morgan fingerprint density at radius 2 is 2.32 bits per heavy atom. The van der Waals surface area contributed by atoms with Gasteiger partial charge in [0, 0.05) is 4.47 Å². The molecule has 0 aliphatic carbocycles. The first-order valence-corrected chi connectivity index (χ1v) is 7.51. The number of benzene rings is 1. The van der Waals surface area contributed by atoms with Crippen LogP contribution in [0.2, 0.25) is 0 Å². The molecule has 4 nitrogen and oxygen atoms in total. The largest absolute Gasteiger partial charge is 0.491 e. The standard InChI is InChI=1S/C14H20BrNO3/c15-11-3-1-5-14(7-11)19-10-13(18)9-16-6-2-4-12(17)8-16/h1,3,5,7,12-13,17-18H,2,4,6,8-10H2/p+1/t12-,13+/m0/s1. The minimum atomic E-state index is -0.501. The third-order valence-corrected chi connectivity index (χ3v) is 3.85. The van der Waals surface area contributed by atoms with Gasteiger partial charge in [-0.3, -0.25) is 0 Å². The Bertz CT molecular complexity index is 402. The van der Waals surface area contributed by atoms with Gasteiger partial charge in [0.05, 0.1) is 6.54 Å². The first-order valence-electron chi connectivity index (χ1n) is 6.71. The van der Waals surface area contributed by atoms with Crippen LogP contribution in [0.15, 0.2) is 28.7 Å². The number of hydrogen-bond acceptors (Lipinski definition) is 3. The van der Waals surface area contributed by atoms with E-state index in [0.29, 0.717) is 6.54 Å². The highest BCUT2D eigenvalue weighted by Crippen LogP contribution is 2.17. The molecule has 1 aliphatic heterocycles. The predicted molar refractivity (Wildman–Crippen MR) is 76.4 cm³/mol. The van der Waals surface area contributed by atoms with Gasteiger partial charge in [-0.25, -0.2) is 0 Å². The second-order valence-corrected chi connectivity index (χ2v) is 6.04. The first kappa shape index (κ1) is 14.8. The third-order valence-electron chi connectivity index (χ3n) is 3.35. The summed E-state index contributed by atoms with van der Waals surface area (Å²) in [5.74, 6) is 0.752. The Balaban J connectivity index is 1.73. The van der Waals surface area contributed by atoms with E-state index in [1.165, 1.54) is 4.90 Å². The van der Waals surface area contributed by atoms with Crippen LogP contribution in [-0.2, 0) is 0 Å². The molecular weight excluding hydrogens is 310 g/mol. The fraction of sp³-hybridized carbons (Fsp3) is 0.571. The number of quaternary nitrogens is 1. The predicted octanol–water partition coefficient (Wildman–Crippen LogP) is 0.228. The molecule has 106 valence electrons. The van der Waals surface area contributed by atoms with E-state index >= 15 is 0 Å². The number of nitrogens with one attached hydrogen (secondary N) is 1. The lowest BCUT2D eigenvalue weighted by Crippen LogP contribution is -3.15. The van der Waals surface area contributed by atoms with E-state index < -0.39 is 6.10 Å². The Kier molecular flexibility index (Phi) is 5.63. The highest BCUT2D eigenvalue weighted by Gasteiger charge is 2.23. The molecule has 1 unspecified atom stereocenters. The quantitative estimate of drug-likeness (QED) is 0.724. The van der Waals surface area contributed by atoms with Gasteiger partial charge in [0.25, 0.3) is 0 Å². The number of rotatable bonds is 5. The van der Waals surface area contributed by atoms with Crippen LogP contribution in [0.25, 0.3) is 0 Å². The summed E-state index contributed by atoms with van der Waals surface area (Å²) in [6.07, 6.45) is 1.19. The number of aliphatic hydroxyl groups excluding tert-OH is 2. The van der Waals surface area contributed by atoms with Crippen molar-refractivity contribution in [2.24, 2.45) is 0 Å². The summed E-state index contributed by atoms with van der Waals surface area (Å²) in [7, 11) is 0. The molecular formula is C14H21BrNO3+. The molecule has 1 aromatic carbocycles. The van der Waals surface area contributed by atoms with Gasteiger partial charge in [0.2, 0.25) is 0 Å². The van der Waals surface area contributed by atoms with Gasteiger partial charge in [-0.05, 0) is 31.0 Å². The maximum Gasteiger partial charge on any atom is 0.137 e. The zero-order valence-corrected chi connectivity index (χ0v) is 12.5. The van der Waals surface area contributed by atoms with Crippen molar-refractivity contribution in [1.29, 1.82) is 0 Å². The van der Waals surface area contributed by atoms with Crippen LogP contribution in [-0.4, -0.2) is 48.7 Å². The maximum absolute atomic E-state index is 9.98. The fourth-order valence-corrected chi connectivity index (χ4v) is 2.83. The van der Waals surface area contributed by atoms with Gasteiger partial charge in [-0.2, -0.15) is 0 Å². The fourth-order valence-electron chi connectivity index (χ4n) is 2.45. The van der Waals surface area contributed by atoms with E-state index in [1.807, 2.05) is 24.3 Å². The molecule has 5 heteroatoms. The molecule has 3 N–H and O–H groups in total. The first-order chi connectivity index (χ1) is 9.13. The summed E-state index contributed by atoms with van der Waals surface area (Å²) in [6, 6.07) is 7.58. The molecule has 19 heavy (non-hydrogen) atoms. The van der Waals surface area contributed by atoms with Crippen LogP contribution < -0.4 is 9.64 Å². The van der Waals surface area contributed by atoms with Crippen LogP contribution in [0, 0.1) is 0 Å². The Morgan fingerprint density at radius 3 is 3.05 bits per heavy atom. The summed E-state index contributed by atoms with van der Waals surface area (Å²) in [5.41, 5.74) is 0. The Labute approximate surface area is 122 Å². The molecule has 1 aromatic rings. The molecule has 3 atom stereocenters. The van der Waals surface area contributed by atoms with E-state index in [4.69, 9.17) is 4.74 Å². The number of aliphatic hydroxyl groups is 2. The summed E-state index contributed by atoms with van der Waals surface area (Å²) in [4.78, 5) is 1.25. The van der Waals surface area contributed by atoms with Gasteiger partial charge in [-0.1, -0.05) is 22.0 Å². The second-order valence-electron chi connectivity index (χ2n) is 5.13. The minimum Gasteiger partial charge on any atom is -0.491 e. The lowest BCUT2D eigenvalue weighted by molar-refractivity contribution is -0.911. The van der Waals surface area contributed by atoms with Gasteiger partial charge in [-0.15, -0.1) is 0 Å². The zero-order valence-electron chi connectivity index (χ0n) is 10.9. The van der Waals surface area contributed by atoms with Crippen LogP contribution in [0.3, 0.4) is 0 Å². The molecule has 0 saturated carbocycles. The Morgan fingerprint density at radius 1 is 1.47 bits per heavy atom. The molecule has 0 amide bonds. The van der Waals surface area contributed by atoms with Gasteiger partial charge >= 0.3 is 0 Å². The van der Waals surface area contributed by atoms with E-state index in [-0.39, 0.29) is 12.7 Å². The lowest BCUT2D eigenvalue weighted by atomic mass is 10.1. The van der Waals surface area contributed by atoms with Crippen LogP contribution in [0.5, 0.6) is 5.75 Å². The second kappa shape index (κ2) is 7.24. The topological polar surface area (TPSA) is 54.1 Å². The smallest absolute Gasteiger partial charge is 0.137 e. The Hall–Kier alpha value is -0.620. The summed E-state index contributed by atoms with van der Waals surface area (Å²) >= 11 is 3.38. The highest BCUT2D eigenvalue weighted by molar-refractivity contribution is 9.10. The van der Waals surface area contributed by atoms with Crippen LogP contribution in [0.1, 0.15) is 12.8 Å². The minimum absolute atomic E-state index is 0.220. The molecule has 0 aromatic heterocycles. The molecule has 0 spiro atoms. The maximum atomic E-state index is 9.98. The van der Waals surface area contributed by atoms with Crippen LogP contribution in [0.4, 0.5) is 0 Å². The van der Waals surface area contributed by atoms with Gasteiger partial charge in [0.15, 0.2) is 0 Å². The molecule has 2 rings (SSSR count). The molecule has 0 radical (unpaired) electrons. The number of piperidine rings is 1. The lowest BCUT2D eigenvalue weighted by Gasteiger charge is -2.28. The van der Waals surface area contributed by atoms with Crippen molar-refractivity contribution in [3.8, 4) is 5.75 Å². The van der Waals surface area contributed by atoms with Crippen molar-refractivity contribution in [1.82, 2.24) is 0 Å². The van der Waals surface area contributed by atoms with Gasteiger partial charge < -0.3 is 19.8 Å². The average molecular weight is 331 g/mol. The SMILES string of the molecule is O[C@H]1CCC[NH+](C[C@@H](O)COc2cccc(Br)c2)C1. The van der Waals surface area contributed by atoms with Gasteiger partial charge in [0.1, 0.15) is 37.7 Å². The monoisotopic (exact) mass is 330 g/mol. The summed E-state index contributed by atoms with van der Waals surface area (Å²) in [5, 5.41) is 19.6. The molecule has 1 aliphatic rings. The zero-order chi connectivity index (χ0) is 13.7. The summed E-state index contributed by atoms with van der Waals surface area (Å²) < 4.78 is 6.52. The average Bonchev–Trinajstić information content (AvgIpc) is 2.36. The molecule has 0 bridgehead atoms. The number of likely N-dealkylation sites (tertiary alicyclic amines) is 1. The number of ether oxygens (including phenoxy) is 1. The van der Waals surface area contributed by atoms with E-state index in [9.17, 15) is 10.2 Å². The highest BCUT2D eigenvalue weighted by atomic mass is 79.9. The van der Waals surface area contributed by atoms with Crippen molar-refractivity contribution in [3.63, 3.8) is 0 Å². The third kappa shape index (κ3) is 5.10. The normalized spacial score (nSPS) is 25.0. The van der Waals surface area contributed by atoms with Crippen LogP contribution >= 0.6 is 15.9 Å². The van der Waals surface area contributed by atoms with Crippen molar-refractivity contribution in [2.75, 3.05) is 26.2 Å². The number of halogens is 1. The van der Waals surface area contributed by atoms with Crippen molar-refractivity contribution in [2.45, 2.75) is 25.0 Å². The summed E-state index contributed by atoms with van der Waals surface area (Å²) in [6.45, 7) is 2.67. The molecule has 1 heterocycles. The van der Waals surface area contributed by atoms with Crippen molar-refractivity contribution in [3.05, 3.63) is 28.7 Å². The van der Waals surface area contributed by atoms with E-state index in [0.717, 1.165) is 36.2 Å².